The smallest absolute Gasteiger partial charge is 0.269 e. The van der Waals surface area contributed by atoms with Crippen LogP contribution in [0.25, 0.3) is 17.1 Å². The van der Waals surface area contributed by atoms with Gasteiger partial charge in [-0.3, -0.25) is 19.5 Å². The van der Waals surface area contributed by atoms with E-state index < -0.39 is 4.92 Å². The molecule has 0 fully saturated rings. The Morgan fingerprint density at radius 3 is 2.38 bits per heavy atom. The van der Waals surface area contributed by atoms with Gasteiger partial charge in [0.25, 0.3) is 11.6 Å². The van der Waals surface area contributed by atoms with E-state index in [1.165, 1.54) is 23.9 Å². The van der Waals surface area contributed by atoms with Gasteiger partial charge in [-0.05, 0) is 73.2 Å². The van der Waals surface area contributed by atoms with Crippen molar-refractivity contribution in [3.63, 3.8) is 0 Å². The zero-order valence-corrected chi connectivity index (χ0v) is 21.4. The van der Waals surface area contributed by atoms with E-state index in [4.69, 9.17) is 16.3 Å². The van der Waals surface area contributed by atoms with E-state index >= 15 is 0 Å². The van der Waals surface area contributed by atoms with Crippen molar-refractivity contribution in [2.75, 3.05) is 12.9 Å². The molecule has 12 heteroatoms. The Bertz CT molecular complexity index is 1440. The van der Waals surface area contributed by atoms with Crippen LogP contribution in [-0.2, 0) is 4.79 Å². The van der Waals surface area contributed by atoms with E-state index in [2.05, 4.69) is 20.7 Å². The van der Waals surface area contributed by atoms with E-state index in [-0.39, 0.29) is 17.3 Å². The van der Waals surface area contributed by atoms with E-state index in [0.29, 0.717) is 27.3 Å². The molecule has 1 amide bonds. The molecule has 1 aromatic heterocycles. The van der Waals surface area contributed by atoms with Crippen LogP contribution in [0, 0.1) is 10.1 Å². The number of hydrazone groups is 1. The zero-order valence-electron chi connectivity index (χ0n) is 19.8. The van der Waals surface area contributed by atoms with Gasteiger partial charge in [0.05, 0.1) is 23.5 Å². The number of carbonyl (C=O) groups excluding carboxylic acids is 1. The molecule has 0 aliphatic heterocycles. The number of benzene rings is 3. The summed E-state index contributed by atoms with van der Waals surface area (Å²) in [7, 11) is 1.60. The molecular weight excluding hydrogens is 516 g/mol. The number of methoxy groups -OCH3 is 1. The summed E-state index contributed by atoms with van der Waals surface area (Å²) in [6.07, 6.45) is 0. The van der Waals surface area contributed by atoms with Crippen molar-refractivity contribution in [3.8, 4) is 22.8 Å². The number of carbonyl (C=O) groups is 1. The van der Waals surface area contributed by atoms with Crippen molar-refractivity contribution in [1.29, 1.82) is 0 Å². The van der Waals surface area contributed by atoms with Crippen molar-refractivity contribution in [3.05, 3.63) is 93.5 Å². The third-order valence-corrected chi connectivity index (χ3v) is 6.42. The monoisotopic (exact) mass is 536 g/mol. The van der Waals surface area contributed by atoms with Crippen molar-refractivity contribution in [1.82, 2.24) is 20.2 Å². The minimum atomic E-state index is -0.474. The highest BCUT2D eigenvalue weighted by Gasteiger charge is 2.17. The van der Waals surface area contributed by atoms with Gasteiger partial charge >= 0.3 is 0 Å². The number of aromatic nitrogens is 3. The first-order valence-electron chi connectivity index (χ1n) is 10.9. The highest BCUT2D eigenvalue weighted by atomic mass is 35.5. The van der Waals surface area contributed by atoms with Gasteiger partial charge in [-0.15, -0.1) is 10.2 Å². The molecule has 0 radical (unpaired) electrons. The summed E-state index contributed by atoms with van der Waals surface area (Å²) >= 11 is 7.28. The maximum atomic E-state index is 12.5. The summed E-state index contributed by atoms with van der Waals surface area (Å²) < 4.78 is 7.09. The molecule has 0 aliphatic rings. The molecule has 37 heavy (non-hydrogen) atoms. The Hall–Kier alpha value is -4.22. The van der Waals surface area contributed by atoms with Gasteiger partial charge < -0.3 is 4.74 Å². The number of hydrogen-bond donors (Lipinski definition) is 1. The standard InChI is InChI=1S/C25H21ClN6O4S/c1-16(17-3-9-21(10-4-17)32(34)35)27-28-23(33)15-37-25-30-29-24(18-5-13-22(36-2)14-6-18)31(25)20-11-7-19(26)8-12-20/h3-14H,15H2,1-2H3,(H,28,33)/b27-16-. The first kappa shape index (κ1) is 25.9. The molecule has 0 aliphatic carbocycles. The number of nitro benzene ring substituents is 1. The van der Waals surface area contributed by atoms with Crippen LogP contribution in [0.4, 0.5) is 5.69 Å². The van der Waals surface area contributed by atoms with Crippen LogP contribution < -0.4 is 10.2 Å². The fourth-order valence-electron chi connectivity index (χ4n) is 3.31. The van der Waals surface area contributed by atoms with Crippen LogP contribution in [0.15, 0.2) is 83.1 Å². The fraction of sp³-hybridized carbons (Fsp3) is 0.120. The molecule has 188 valence electrons. The van der Waals surface area contributed by atoms with Crippen LogP contribution in [0.1, 0.15) is 12.5 Å². The zero-order chi connectivity index (χ0) is 26.4. The average molecular weight is 537 g/mol. The van der Waals surface area contributed by atoms with Crippen LogP contribution in [0.2, 0.25) is 5.02 Å². The molecule has 0 saturated heterocycles. The highest BCUT2D eigenvalue weighted by molar-refractivity contribution is 7.99. The van der Waals surface area contributed by atoms with Crippen LogP contribution in [0.5, 0.6) is 5.75 Å². The summed E-state index contributed by atoms with van der Waals surface area (Å²) in [6.45, 7) is 1.70. The average Bonchev–Trinajstić information content (AvgIpc) is 3.35. The number of ether oxygens (including phenoxy) is 1. The number of thioether (sulfide) groups is 1. The van der Waals surface area contributed by atoms with Crippen LogP contribution in [0.3, 0.4) is 0 Å². The number of hydrogen-bond acceptors (Lipinski definition) is 8. The lowest BCUT2D eigenvalue weighted by Gasteiger charge is -2.11. The Morgan fingerprint density at radius 1 is 1.08 bits per heavy atom. The van der Waals surface area contributed by atoms with Crippen LogP contribution >= 0.6 is 23.4 Å². The maximum Gasteiger partial charge on any atom is 0.269 e. The molecule has 0 spiro atoms. The molecule has 1 heterocycles. The second-order valence-electron chi connectivity index (χ2n) is 7.67. The molecule has 0 bridgehead atoms. The lowest BCUT2D eigenvalue weighted by Crippen LogP contribution is -2.21. The van der Waals surface area contributed by atoms with Crippen molar-refractivity contribution in [2.24, 2.45) is 5.10 Å². The van der Waals surface area contributed by atoms with Gasteiger partial charge in [-0.2, -0.15) is 5.10 Å². The number of amides is 1. The summed E-state index contributed by atoms with van der Waals surface area (Å²) in [6, 6.07) is 20.6. The molecule has 0 unspecified atom stereocenters. The molecule has 0 atom stereocenters. The second-order valence-corrected chi connectivity index (χ2v) is 9.05. The molecule has 1 N–H and O–H groups in total. The summed E-state index contributed by atoms with van der Waals surface area (Å²) in [5.74, 6) is 1.01. The van der Waals surface area contributed by atoms with E-state index in [0.717, 1.165) is 17.0 Å². The number of nitrogens with zero attached hydrogens (tertiary/aromatic N) is 5. The largest absolute Gasteiger partial charge is 0.497 e. The molecule has 4 aromatic rings. The first-order valence-corrected chi connectivity index (χ1v) is 12.3. The Kier molecular flexibility index (Phi) is 8.16. The predicted molar refractivity (Wildman–Crippen MR) is 143 cm³/mol. The Morgan fingerprint density at radius 2 is 1.76 bits per heavy atom. The van der Waals surface area contributed by atoms with Crippen molar-refractivity contribution >= 4 is 40.7 Å². The number of non-ortho nitro benzene ring substituents is 1. The lowest BCUT2D eigenvalue weighted by molar-refractivity contribution is -0.384. The minimum Gasteiger partial charge on any atom is -0.497 e. The van der Waals surface area contributed by atoms with E-state index in [1.807, 2.05) is 41.0 Å². The number of halogens is 1. The quantitative estimate of drug-likeness (QED) is 0.136. The third-order valence-electron chi connectivity index (χ3n) is 5.24. The number of nitrogens with one attached hydrogen (secondary N) is 1. The van der Waals surface area contributed by atoms with Gasteiger partial charge in [-0.1, -0.05) is 23.4 Å². The topological polar surface area (TPSA) is 125 Å². The maximum absolute atomic E-state index is 12.5. The molecular formula is C25H21ClN6O4S. The third kappa shape index (κ3) is 6.32. The predicted octanol–water partition coefficient (Wildman–Crippen LogP) is 5.14. The van der Waals surface area contributed by atoms with Gasteiger partial charge in [0, 0.05) is 28.4 Å². The number of rotatable bonds is 9. The molecule has 3 aromatic carbocycles. The molecule has 0 saturated carbocycles. The SMILES string of the molecule is COc1ccc(-c2nnc(SCC(=O)N/N=C(/C)c3ccc([N+](=O)[O-])cc3)n2-c2ccc(Cl)cc2)cc1. The molecule has 4 rings (SSSR count). The highest BCUT2D eigenvalue weighted by Crippen LogP contribution is 2.29. The van der Waals surface area contributed by atoms with Gasteiger partial charge in [0.15, 0.2) is 11.0 Å². The molecule has 10 nitrogen and oxygen atoms in total. The van der Waals surface area contributed by atoms with E-state index in [1.54, 1.807) is 38.3 Å². The van der Waals surface area contributed by atoms with Gasteiger partial charge in [0.2, 0.25) is 0 Å². The van der Waals surface area contributed by atoms with E-state index in [9.17, 15) is 14.9 Å². The Balaban J connectivity index is 1.50. The lowest BCUT2D eigenvalue weighted by atomic mass is 10.1. The summed E-state index contributed by atoms with van der Waals surface area (Å²) in [5.41, 5.74) is 5.27. The summed E-state index contributed by atoms with van der Waals surface area (Å²) in [5, 5.41) is 24.7. The number of nitro groups is 1. The Labute approximate surface area is 221 Å². The first-order chi connectivity index (χ1) is 17.9. The summed E-state index contributed by atoms with van der Waals surface area (Å²) in [4.78, 5) is 22.9. The van der Waals surface area contributed by atoms with Crippen molar-refractivity contribution in [2.45, 2.75) is 12.1 Å². The van der Waals surface area contributed by atoms with Crippen LogP contribution in [-0.4, -0.2) is 44.2 Å². The second kappa shape index (κ2) is 11.7. The van der Waals surface area contributed by atoms with Gasteiger partial charge in [-0.25, -0.2) is 5.43 Å². The van der Waals surface area contributed by atoms with Gasteiger partial charge in [0.1, 0.15) is 5.75 Å². The normalized spacial score (nSPS) is 11.3. The minimum absolute atomic E-state index is 0.0178. The fourth-order valence-corrected chi connectivity index (χ4v) is 4.18. The van der Waals surface area contributed by atoms with Crippen molar-refractivity contribution < 1.29 is 14.5 Å².